The third-order valence-electron chi connectivity index (χ3n) is 3.53. The van der Waals surface area contributed by atoms with Crippen LogP contribution in [0.2, 0.25) is 0 Å². The number of hydrogen-bond acceptors (Lipinski definition) is 3. The molecule has 1 N–H and O–H groups in total. The molecule has 0 aliphatic rings. The van der Waals surface area contributed by atoms with E-state index in [4.69, 9.17) is 9.47 Å². The van der Waals surface area contributed by atoms with Crippen molar-refractivity contribution in [1.82, 2.24) is 5.32 Å². The lowest BCUT2D eigenvalue weighted by Crippen LogP contribution is -2.22. The van der Waals surface area contributed by atoms with E-state index in [9.17, 15) is 0 Å². The SMILES string of the molecule is CCCCOc1ccc(C(CCCOC)NCCC)cc1. The van der Waals surface area contributed by atoms with E-state index in [0.717, 1.165) is 51.2 Å². The molecule has 0 bridgehead atoms. The van der Waals surface area contributed by atoms with Crippen LogP contribution >= 0.6 is 0 Å². The molecule has 1 atom stereocenters. The standard InChI is InChI=1S/C18H31NO2/c1-4-6-15-21-17-11-9-16(10-12-17)18(19-13-5-2)8-7-14-20-3/h9-12,18-19H,4-8,13-15H2,1-3H3. The first-order valence-electron chi connectivity index (χ1n) is 8.26. The fourth-order valence-corrected chi connectivity index (χ4v) is 2.27. The molecule has 21 heavy (non-hydrogen) atoms. The Hall–Kier alpha value is -1.06. The van der Waals surface area contributed by atoms with E-state index in [0.29, 0.717) is 6.04 Å². The summed E-state index contributed by atoms with van der Waals surface area (Å²) in [5, 5.41) is 3.62. The highest BCUT2D eigenvalue weighted by Crippen LogP contribution is 2.22. The van der Waals surface area contributed by atoms with Gasteiger partial charge in [-0.3, -0.25) is 0 Å². The van der Waals surface area contributed by atoms with Crippen molar-refractivity contribution in [3.05, 3.63) is 29.8 Å². The molecule has 0 saturated heterocycles. The van der Waals surface area contributed by atoms with E-state index < -0.39 is 0 Å². The van der Waals surface area contributed by atoms with Crippen LogP contribution in [0.25, 0.3) is 0 Å². The molecule has 0 saturated carbocycles. The van der Waals surface area contributed by atoms with E-state index in [1.165, 1.54) is 12.0 Å². The van der Waals surface area contributed by atoms with Gasteiger partial charge in [0.05, 0.1) is 6.61 Å². The molecule has 0 aromatic heterocycles. The molecule has 0 radical (unpaired) electrons. The minimum atomic E-state index is 0.407. The Balaban J connectivity index is 2.55. The van der Waals surface area contributed by atoms with Gasteiger partial charge in [0.1, 0.15) is 5.75 Å². The molecular weight excluding hydrogens is 262 g/mol. The van der Waals surface area contributed by atoms with Crippen molar-refractivity contribution in [3.63, 3.8) is 0 Å². The van der Waals surface area contributed by atoms with Gasteiger partial charge in [0, 0.05) is 19.8 Å². The Morgan fingerprint density at radius 1 is 1.00 bits per heavy atom. The lowest BCUT2D eigenvalue weighted by atomic mass is 10.0. The fourth-order valence-electron chi connectivity index (χ4n) is 2.27. The molecule has 0 aliphatic heterocycles. The Labute approximate surface area is 130 Å². The maximum Gasteiger partial charge on any atom is 0.119 e. The van der Waals surface area contributed by atoms with Gasteiger partial charge >= 0.3 is 0 Å². The quantitative estimate of drug-likeness (QED) is 0.582. The number of unbranched alkanes of at least 4 members (excludes halogenated alkanes) is 1. The lowest BCUT2D eigenvalue weighted by molar-refractivity contribution is 0.188. The summed E-state index contributed by atoms with van der Waals surface area (Å²) in [5.74, 6) is 0.971. The summed E-state index contributed by atoms with van der Waals surface area (Å²) in [4.78, 5) is 0. The second-order valence-corrected chi connectivity index (χ2v) is 5.41. The zero-order valence-corrected chi connectivity index (χ0v) is 13.9. The van der Waals surface area contributed by atoms with Crippen LogP contribution < -0.4 is 10.1 Å². The van der Waals surface area contributed by atoms with Gasteiger partial charge in [0.15, 0.2) is 0 Å². The van der Waals surface area contributed by atoms with Crippen molar-refractivity contribution in [3.8, 4) is 5.75 Å². The highest BCUT2D eigenvalue weighted by Gasteiger charge is 2.10. The maximum absolute atomic E-state index is 5.72. The van der Waals surface area contributed by atoms with Crippen molar-refractivity contribution < 1.29 is 9.47 Å². The van der Waals surface area contributed by atoms with Crippen LogP contribution in [0.1, 0.15) is 57.6 Å². The molecule has 1 aromatic carbocycles. The van der Waals surface area contributed by atoms with Crippen molar-refractivity contribution in [2.45, 2.75) is 52.0 Å². The van der Waals surface area contributed by atoms with Crippen LogP contribution in [0.5, 0.6) is 5.75 Å². The summed E-state index contributed by atoms with van der Waals surface area (Å²) < 4.78 is 10.9. The molecule has 0 heterocycles. The Bertz CT molecular complexity index is 351. The van der Waals surface area contributed by atoms with Gasteiger partial charge in [-0.15, -0.1) is 0 Å². The highest BCUT2D eigenvalue weighted by molar-refractivity contribution is 5.29. The Morgan fingerprint density at radius 3 is 2.38 bits per heavy atom. The molecule has 1 rings (SSSR count). The number of methoxy groups -OCH3 is 1. The number of benzene rings is 1. The van der Waals surface area contributed by atoms with E-state index in [1.807, 2.05) is 0 Å². The molecule has 0 aliphatic carbocycles. The van der Waals surface area contributed by atoms with Crippen LogP contribution in [0.3, 0.4) is 0 Å². The van der Waals surface area contributed by atoms with E-state index >= 15 is 0 Å². The van der Waals surface area contributed by atoms with Crippen molar-refractivity contribution in [2.75, 3.05) is 26.9 Å². The predicted molar refractivity (Wildman–Crippen MR) is 89.0 cm³/mol. The van der Waals surface area contributed by atoms with Crippen molar-refractivity contribution >= 4 is 0 Å². The summed E-state index contributed by atoms with van der Waals surface area (Å²) in [5.41, 5.74) is 1.34. The Kier molecular flexibility index (Phi) is 9.92. The summed E-state index contributed by atoms with van der Waals surface area (Å²) in [6, 6.07) is 8.94. The van der Waals surface area contributed by atoms with E-state index in [2.05, 4.69) is 43.4 Å². The second kappa shape index (κ2) is 11.6. The first-order valence-corrected chi connectivity index (χ1v) is 8.26. The van der Waals surface area contributed by atoms with Crippen molar-refractivity contribution in [1.29, 1.82) is 0 Å². The van der Waals surface area contributed by atoms with Gasteiger partial charge in [-0.25, -0.2) is 0 Å². The Morgan fingerprint density at radius 2 is 1.76 bits per heavy atom. The minimum absolute atomic E-state index is 0.407. The third-order valence-corrected chi connectivity index (χ3v) is 3.53. The summed E-state index contributed by atoms with van der Waals surface area (Å²) >= 11 is 0. The average molecular weight is 293 g/mol. The van der Waals surface area contributed by atoms with Gasteiger partial charge in [-0.05, 0) is 49.9 Å². The van der Waals surface area contributed by atoms with Gasteiger partial charge in [0.25, 0.3) is 0 Å². The zero-order chi connectivity index (χ0) is 15.3. The van der Waals surface area contributed by atoms with Gasteiger partial charge in [-0.2, -0.15) is 0 Å². The summed E-state index contributed by atoms with van der Waals surface area (Å²) in [6.07, 6.45) is 5.61. The van der Waals surface area contributed by atoms with Gasteiger partial charge in [0.2, 0.25) is 0 Å². The van der Waals surface area contributed by atoms with Gasteiger partial charge < -0.3 is 14.8 Å². The van der Waals surface area contributed by atoms with Crippen LogP contribution in [-0.4, -0.2) is 26.9 Å². The largest absolute Gasteiger partial charge is 0.494 e. The molecule has 3 heteroatoms. The van der Waals surface area contributed by atoms with Crippen LogP contribution in [0.4, 0.5) is 0 Å². The molecular formula is C18H31NO2. The first-order chi connectivity index (χ1) is 10.3. The fraction of sp³-hybridized carbons (Fsp3) is 0.667. The minimum Gasteiger partial charge on any atom is -0.494 e. The predicted octanol–water partition coefficient (Wildman–Crippen LogP) is 4.33. The number of nitrogens with one attached hydrogen (secondary N) is 1. The molecule has 0 fully saturated rings. The average Bonchev–Trinajstić information content (AvgIpc) is 2.52. The van der Waals surface area contributed by atoms with Gasteiger partial charge in [-0.1, -0.05) is 32.4 Å². The van der Waals surface area contributed by atoms with Crippen LogP contribution in [-0.2, 0) is 4.74 Å². The summed E-state index contributed by atoms with van der Waals surface area (Å²) in [7, 11) is 1.76. The molecule has 0 amide bonds. The lowest BCUT2D eigenvalue weighted by Gasteiger charge is -2.19. The normalized spacial score (nSPS) is 12.3. The third kappa shape index (κ3) is 7.49. The topological polar surface area (TPSA) is 30.5 Å². The van der Waals surface area contributed by atoms with Crippen LogP contribution in [0.15, 0.2) is 24.3 Å². The molecule has 1 unspecified atom stereocenters. The molecule has 3 nitrogen and oxygen atoms in total. The highest BCUT2D eigenvalue weighted by atomic mass is 16.5. The number of ether oxygens (including phenoxy) is 2. The van der Waals surface area contributed by atoms with Crippen molar-refractivity contribution in [2.24, 2.45) is 0 Å². The molecule has 1 aromatic rings. The molecule has 120 valence electrons. The first kappa shape index (κ1) is 18.0. The monoisotopic (exact) mass is 293 g/mol. The second-order valence-electron chi connectivity index (χ2n) is 5.41. The number of rotatable bonds is 12. The zero-order valence-electron chi connectivity index (χ0n) is 13.9. The maximum atomic E-state index is 5.72. The van der Waals surface area contributed by atoms with E-state index in [-0.39, 0.29) is 0 Å². The summed E-state index contributed by atoms with van der Waals surface area (Å²) in [6.45, 7) is 7.05. The number of hydrogen-bond donors (Lipinski definition) is 1. The van der Waals surface area contributed by atoms with Crippen LogP contribution in [0, 0.1) is 0 Å². The van der Waals surface area contributed by atoms with E-state index in [1.54, 1.807) is 7.11 Å². The smallest absolute Gasteiger partial charge is 0.119 e. The molecule has 0 spiro atoms.